The Hall–Kier alpha value is -8.72. The molecule has 1 aliphatic heterocycles. The molecule has 2 rings (SSSR count). The maximum Gasteiger partial charge on any atom is 0.326 e. The standard InChI is InChI=1S/C52H86N18O15/c1-7-25(2)38(47(81)66-33(22-30-14-9-8-10-15-30)44(78)69-39(29(6)72)48(82)64-32(50(84)85)17-12-20-60-52(57)58)68-42(76)31(16-11-19-59-51(55)56)63-45(79)35(24-71)67-43(77)34(23-37(54)73)65-46(80)36-18-13-21-70(36)49(83)28(5)62-41(75)27(4)61-40(74)26(3)53/h8-10,14-15,25-29,31-36,38-39,71-72H,7,11-13,16-24,53H2,1-6H3,(H2,54,73)(H,61,74)(H,62,75)(H,63,79)(H,64,82)(H,65,80)(H,66,81)(H,67,77)(H,68,76)(H,69,78)(H,84,85)(H4,55,56,59)(H4,57,58,60)/t25-,26-,27-,28-,29+,31-,32-,33-,34-,35-,36-,38-,39-/m0/s1. The molecule has 1 aliphatic rings. The molecule has 0 spiro atoms. The van der Waals surface area contributed by atoms with E-state index in [0.29, 0.717) is 12.0 Å². The summed E-state index contributed by atoms with van der Waals surface area (Å²) >= 11 is 0. The number of rotatable bonds is 36. The van der Waals surface area contributed by atoms with Crippen molar-refractivity contribution in [2.75, 3.05) is 26.2 Å². The number of aliphatic hydroxyl groups excluding tert-OH is 2. The third-order valence-corrected chi connectivity index (χ3v) is 13.6. The van der Waals surface area contributed by atoms with Gasteiger partial charge in [-0.25, -0.2) is 4.79 Å². The quantitative estimate of drug-likeness (QED) is 0.0169. The van der Waals surface area contributed by atoms with Gasteiger partial charge in [-0.2, -0.15) is 0 Å². The van der Waals surface area contributed by atoms with E-state index in [4.69, 9.17) is 33.8 Å². The van der Waals surface area contributed by atoms with Crippen LogP contribution in [-0.4, -0.2) is 202 Å². The molecule has 85 heavy (non-hydrogen) atoms. The number of aliphatic hydroxyl groups is 2. The van der Waals surface area contributed by atoms with E-state index >= 15 is 0 Å². The normalized spacial score (nSPS) is 17.0. The topological polar surface area (TPSA) is 553 Å². The van der Waals surface area contributed by atoms with Crippen LogP contribution >= 0.6 is 0 Å². The summed E-state index contributed by atoms with van der Waals surface area (Å²) in [6, 6.07) is -7.52. The number of carbonyl (C=O) groups excluding carboxylic acids is 11. The fourth-order valence-corrected chi connectivity index (χ4v) is 8.56. The molecule has 0 saturated carbocycles. The number of amides is 11. The minimum absolute atomic E-state index is 0.00128. The van der Waals surface area contributed by atoms with Crippen LogP contribution in [0, 0.1) is 16.7 Å². The van der Waals surface area contributed by atoms with Crippen LogP contribution in [-0.2, 0) is 64.0 Å². The summed E-state index contributed by atoms with van der Waals surface area (Å²) < 4.78 is 0. The van der Waals surface area contributed by atoms with Crippen molar-refractivity contribution in [2.45, 2.75) is 172 Å². The van der Waals surface area contributed by atoms with Crippen molar-refractivity contribution in [1.29, 1.82) is 10.8 Å². The van der Waals surface area contributed by atoms with Crippen molar-refractivity contribution >= 4 is 82.9 Å². The number of nitrogens with zero attached hydrogens (tertiary/aromatic N) is 1. The molecular weight excluding hydrogens is 1120 g/mol. The summed E-state index contributed by atoms with van der Waals surface area (Å²) in [5.74, 6) is -13.3. The Balaban J connectivity index is 2.39. The van der Waals surface area contributed by atoms with Crippen LogP contribution in [0.15, 0.2) is 30.3 Å². The number of carboxylic acids is 1. The molecule has 33 heteroatoms. The van der Waals surface area contributed by atoms with Gasteiger partial charge in [0, 0.05) is 26.1 Å². The molecule has 1 fully saturated rings. The van der Waals surface area contributed by atoms with Crippen molar-refractivity contribution in [2.24, 2.45) is 28.9 Å². The third kappa shape index (κ3) is 25.0. The number of hydrogen-bond acceptors (Lipinski definition) is 17. The molecule has 24 N–H and O–H groups in total. The van der Waals surface area contributed by atoms with Gasteiger partial charge >= 0.3 is 5.97 Å². The van der Waals surface area contributed by atoms with Crippen molar-refractivity contribution < 1.29 is 72.9 Å². The number of guanidine groups is 2. The molecule has 474 valence electrons. The second-order valence-electron chi connectivity index (χ2n) is 20.7. The van der Waals surface area contributed by atoms with Crippen LogP contribution in [0.2, 0.25) is 0 Å². The highest BCUT2D eigenvalue weighted by atomic mass is 16.4. The first-order valence-electron chi connectivity index (χ1n) is 27.7. The molecule has 0 unspecified atom stereocenters. The summed E-state index contributed by atoms with van der Waals surface area (Å²) in [7, 11) is 0. The van der Waals surface area contributed by atoms with Gasteiger partial charge in [-0.3, -0.25) is 63.6 Å². The largest absolute Gasteiger partial charge is 0.480 e. The first-order chi connectivity index (χ1) is 39.9. The average Bonchev–Trinajstić information content (AvgIpc) is 3.94. The number of likely N-dealkylation sites (tertiary alicyclic amines) is 1. The number of nitrogens with two attached hydrogens (primary N) is 4. The van der Waals surface area contributed by atoms with Gasteiger partial charge in [-0.05, 0) is 77.7 Å². The predicted octanol–water partition coefficient (Wildman–Crippen LogP) is -7.12. The minimum Gasteiger partial charge on any atom is -0.480 e. The second-order valence-corrected chi connectivity index (χ2v) is 20.7. The summed E-state index contributed by atoms with van der Waals surface area (Å²) in [6.45, 7) is 7.66. The zero-order chi connectivity index (χ0) is 64.2. The monoisotopic (exact) mass is 1200 g/mol. The van der Waals surface area contributed by atoms with Gasteiger partial charge in [0.15, 0.2) is 11.9 Å². The summed E-state index contributed by atoms with van der Waals surface area (Å²) in [5, 5.41) is 72.6. The smallest absolute Gasteiger partial charge is 0.326 e. The molecule has 0 radical (unpaired) electrons. The molecule has 1 aromatic carbocycles. The van der Waals surface area contributed by atoms with Crippen LogP contribution in [0.5, 0.6) is 0 Å². The van der Waals surface area contributed by atoms with Crippen molar-refractivity contribution in [3.63, 3.8) is 0 Å². The van der Waals surface area contributed by atoms with Gasteiger partial charge in [0.25, 0.3) is 0 Å². The lowest BCUT2D eigenvalue weighted by Crippen LogP contribution is -2.62. The molecule has 1 heterocycles. The average molecular weight is 1200 g/mol. The number of nitrogens with one attached hydrogen (secondary N) is 13. The van der Waals surface area contributed by atoms with E-state index in [-0.39, 0.29) is 70.5 Å². The molecule has 33 nitrogen and oxygen atoms in total. The molecular formula is C52H86N18O15. The van der Waals surface area contributed by atoms with Gasteiger partial charge in [0.2, 0.25) is 65.0 Å². The first-order valence-corrected chi connectivity index (χ1v) is 27.7. The Morgan fingerprint density at radius 2 is 1.11 bits per heavy atom. The summed E-state index contributed by atoms with van der Waals surface area (Å²) in [6.07, 6.45) is -2.13. The summed E-state index contributed by atoms with van der Waals surface area (Å²) in [4.78, 5) is 162. The highest BCUT2D eigenvalue weighted by Crippen LogP contribution is 2.20. The maximum absolute atomic E-state index is 14.4. The van der Waals surface area contributed by atoms with E-state index in [1.807, 2.05) is 0 Å². The highest BCUT2D eigenvalue weighted by molar-refractivity contribution is 6.00. The van der Waals surface area contributed by atoms with Gasteiger partial charge in [0.05, 0.1) is 25.2 Å². The Kier molecular flexibility index (Phi) is 30.7. The fourth-order valence-electron chi connectivity index (χ4n) is 8.56. The molecule has 0 aliphatic carbocycles. The van der Waals surface area contributed by atoms with Crippen molar-refractivity contribution in [3.05, 3.63) is 35.9 Å². The van der Waals surface area contributed by atoms with Crippen LogP contribution in [0.3, 0.4) is 0 Å². The van der Waals surface area contributed by atoms with Gasteiger partial charge in [-0.1, -0.05) is 50.6 Å². The molecule has 11 amide bonds. The third-order valence-electron chi connectivity index (χ3n) is 13.6. The zero-order valence-corrected chi connectivity index (χ0v) is 48.6. The lowest BCUT2D eigenvalue weighted by Gasteiger charge is -2.30. The maximum atomic E-state index is 14.4. The van der Waals surface area contributed by atoms with Crippen LogP contribution < -0.4 is 81.4 Å². The lowest BCUT2D eigenvalue weighted by atomic mass is 9.96. The van der Waals surface area contributed by atoms with E-state index < -0.39 is 168 Å². The van der Waals surface area contributed by atoms with E-state index in [2.05, 4.69) is 58.5 Å². The first kappa shape index (κ1) is 72.4. The van der Waals surface area contributed by atoms with E-state index in [1.165, 1.54) is 27.7 Å². The number of carboxylic acid groups (broad SMARTS) is 1. The number of hydrogen-bond donors (Lipinski definition) is 20. The molecule has 0 aromatic heterocycles. The second kappa shape index (κ2) is 36.1. The SMILES string of the molecule is CC[C@H](C)[C@H](NC(=O)[C@H](CCCNC(=N)N)NC(=O)[C@H](CO)NC(=O)[C@H](CC(N)=O)NC(=O)[C@@H]1CCCN1C(=O)[C@H](C)NC(=O)[C@H](C)NC(=O)[C@H](C)N)C(=O)N[C@@H](Cc1ccccc1)C(=O)N[C@H](C(=O)N[C@@H](CCCNC(=N)N)C(=O)O)[C@@H](C)O. The zero-order valence-electron chi connectivity index (χ0n) is 48.6. The molecule has 0 bridgehead atoms. The Bertz CT molecular complexity index is 2520. The van der Waals surface area contributed by atoms with Crippen molar-refractivity contribution in [1.82, 2.24) is 63.4 Å². The number of carbonyl (C=O) groups is 12. The van der Waals surface area contributed by atoms with Crippen LogP contribution in [0.4, 0.5) is 0 Å². The van der Waals surface area contributed by atoms with Crippen molar-refractivity contribution in [3.8, 4) is 0 Å². The number of aliphatic carboxylic acids is 1. The Labute approximate surface area is 491 Å². The molecule has 1 aromatic rings. The van der Waals surface area contributed by atoms with Gasteiger partial charge in [0.1, 0.15) is 60.4 Å². The van der Waals surface area contributed by atoms with E-state index in [1.54, 1.807) is 44.2 Å². The Morgan fingerprint density at radius 3 is 1.64 bits per heavy atom. The van der Waals surface area contributed by atoms with Gasteiger partial charge in [-0.15, -0.1) is 0 Å². The van der Waals surface area contributed by atoms with E-state index in [0.717, 1.165) is 4.90 Å². The van der Waals surface area contributed by atoms with Gasteiger partial charge < -0.3 is 102 Å². The highest BCUT2D eigenvalue weighted by Gasteiger charge is 2.40. The van der Waals surface area contributed by atoms with Crippen LogP contribution in [0.25, 0.3) is 0 Å². The fraction of sp³-hybridized carbons (Fsp3) is 0.615. The number of primary amides is 1. The summed E-state index contributed by atoms with van der Waals surface area (Å²) in [5.41, 5.74) is 22.2. The molecule has 13 atom stereocenters. The Morgan fingerprint density at radius 1 is 0.612 bits per heavy atom. The number of benzene rings is 1. The lowest BCUT2D eigenvalue weighted by molar-refractivity contribution is -0.143. The minimum atomic E-state index is -1.87. The molecule has 1 saturated heterocycles. The van der Waals surface area contributed by atoms with E-state index in [9.17, 15) is 72.9 Å². The van der Waals surface area contributed by atoms with Crippen LogP contribution in [0.1, 0.15) is 98.5 Å². The predicted molar refractivity (Wildman–Crippen MR) is 305 cm³/mol.